The maximum atomic E-state index is 5.56. The Hall–Kier alpha value is -0.710. The van der Waals surface area contributed by atoms with E-state index in [0.717, 1.165) is 19.9 Å². The van der Waals surface area contributed by atoms with Gasteiger partial charge in [-0.15, -0.1) is 11.3 Å². The molecule has 1 aromatic carbocycles. The fourth-order valence-corrected chi connectivity index (χ4v) is 2.43. The van der Waals surface area contributed by atoms with Crippen molar-refractivity contribution < 1.29 is 0 Å². The van der Waals surface area contributed by atoms with Gasteiger partial charge in [0.2, 0.25) is 0 Å². The Bertz CT molecular complexity index is 479. The van der Waals surface area contributed by atoms with Crippen LogP contribution in [0.25, 0.3) is 10.6 Å². The van der Waals surface area contributed by atoms with Crippen LogP contribution in [-0.4, -0.2) is 4.98 Å². The summed E-state index contributed by atoms with van der Waals surface area (Å²) in [6.45, 7) is 2.63. The van der Waals surface area contributed by atoms with E-state index in [4.69, 9.17) is 5.73 Å². The lowest BCUT2D eigenvalue weighted by Gasteiger charge is -2.00. The highest BCUT2D eigenvalue weighted by molar-refractivity contribution is 9.10. The fourth-order valence-electron chi connectivity index (χ4n) is 1.26. The van der Waals surface area contributed by atoms with Crippen molar-refractivity contribution >= 4 is 27.3 Å². The second-order valence-corrected chi connectivity index (χ2v) is 5.27. The number of halogens is 1. The molecule has 0 unspecified atom stereocenters. The van der Waals surface area contributed by atoms with E-state index in [1.54, 1.807) is 11.3 Å². The van der Waals surface area contributed by atoms with Crippen LogP contribution in [-0.2, 0) is 6.54 Å². The van der Waals surface area contributed by atoms with E-state index in [1.807, 2.05) is 6.20 Å². The second kappa shape index (κ2) is 4.43. The zero-order valence-electron chi connectivity index (χ0n) is 8.33. The van der Waals surface area contributed by atoms with Crippen LogP contribution in [0.1, 0.15) is 10.4 Å². The van der Waals surface area contributed by atoms with E-state index in [9.17, 15) is 0 Å². The van der Waals surface area contributed by atoms with Gasteiger partial charge in [-0.25, -0.2) is 4.98 Å². The third kappa shape index (κ3) is 2.27. The molecule has 1 heterocycles. The van der Waals surface area contributed by atoms with Crippen LogP contribution < -0.4 is 5.73 Å². The molecule has 15 heavy (non-hydrogen) atoms. The average molecular weight is 283 g/mol. The molecule has 0 radical (unpaired) electrons. The topological polar surface area (TPSA) is 38.9 Å². The van der Waals surface area contributed by atoms with Gasteiger partial charge < -0.3 is 5.73 Å². The number of aryl methyl sites for hydroxylation is 1. The van der Waals surface area contributed by atoms with Gasteiger partial charge in [0.25, 0.3) is 0 Å². The number of hydrogen-bond donors (Lipinski definition) is 1. The Morgan fingerprint density at radius 1 is 1.47 bits per heavy atom. The number of rotatable bonds is 2. The average Bonchev–Trinajstić information content (AvgIpc) is 2.70. The quantitative estimate of drug-likeness (QED) is 0.918. The van der Waals surface area contributed by atoms with Crippen LogP contribution in [0.3, 0.4) is 0 Å². The Morgan fingerprint density at radius 2 is 2.27 bits per heavy atom. The Labute approximate surface area is 101 Å². The third-order valence-corrected chi connectivity index (χ3v) is 4.10. The van der Waals surface area contributed by atoms with Crippen LogP contribution in [0.15, 0.2) is 28.9 Å². The van der Waals surface area contributed by atoms with E-state index in [0.29, 0.717) is 6.54 Å². The summed E-state index contributed by atoms with van der Waals surface area (Å²) >= 11 is 5.16. The van der Waals surface area contributed by atoms with E-state index in [2.05, 4.69) is 46.0 Å². The van der Waals surface area contributed by atoms with Crippen molar-refractivity contribution in [2.45, 2.75) is 13.5 Å². The van der Waals surface area contributed by atoms with Gasteiger partial charge in [0, 0.05) is 27.7 Å². The summed E-state index contributed by atoms with van der Waals surface area (Å²) in [5.74, 6) is 0. The number of nitrogens with two attached hydrogens (primary N) is 1. The summed E-state index contributed by atoms with van der Waals surface area (Å²) in [6, 6.07) is 6.26. The molecule has 0 saturated carbocycles. The van der Waals surface area contributed by atoms with Crippen molar-refractivity contribution in [3.63, 3.8) is 0 Å². The van der Waals surface area contributed by atoms with Gasteiger partial charge in [0.1, 0.15) is 5.01 Å². The Kier molecular flexibility index (Phi) is 3.19. The van der Waals surface area contributed by atoms with Crippen LogP contribution in [0.4, 0.5) is 0 Å². The normalized spacial score (nSPS) is 10.6. The van der Waals surface area contributed by atoms with Gasteiger partial charge in [-0.3, -0.25) is 0 Å². The zero-order chi connectivity index (χ0) is 10.8. The molecule has 1 aromatic heterocycles. The number of nitrogens with zero attached hydrogens (tertiary/aromatic N) is 1. The van der Waals surface area contributed by atoms with Crippen LogP contribution in [0, 0.1) is 6.92 Å². The molecule has 0 bridgehead atoms. The zero-order valence-corrected chi connectivity index (χ0v) is 10.7. The minimum atomic E-state index is 0.560. The molecule has 0 aliphatic heterocycles. The van der Waals surface area contributed by atoms with Crippen LogP contribution in [0.5, 0.6) is 0 Å². The maximum Gasteiger partial charge on any atom is 0.123 e. The molecule has 0 aliphatic rings. The monoisotopic (exact) mass is 282 g/mol. The van der Waals surface area contributed by atoms with Gasteiger partial charge >= 0.3 is 0 Å². The first-order valence-corrected chi connectivity index (χ1v) is 6.23. The fraction of sp³-hybridized carbons (Fsp3) is 0.182. The van der Waals surface area contributed by atoms with Gasteiger partial charge in [0.15, 0.2) is 0 Å². The molecule has 0 amide bonds. The molecule has 0 saturated heterocycles. The molecule has 2 rings (SSSR count). The first-order chi connectivity index (χ1) is 7.20. The highest BCUT2D eigenvalue weighted by Crippen LogP contribution is 2.28. The van der Waals surface area contributed by atoms with Gasteiger partial charge in [-0.2, -0.15) is 0 Å². The van der Waals surface area contributed by atoms with E-state index in [1.165, 1.54) is 5.56 Å². The van der Waals surface area contributed by atoms with E-state index < -0.39 is 0 Å². The molecular formula is C11H11BrN2S. The van der Waals surface area contributed by atoms with Crippen molar-refractivity contribution in [1.82, 2.24) is 4.98 Å². The van der Waals surface area contributed by atoms with Gasteiger partial charge in [-0.1, -0.05) is 28.1 Å². The third-order valence-electron chi connectivity index (χ3n) is 2.17. The lowest BCUT2D eigenvalue weighted by molar-refractivity contribution is 1.10. The standard InChI is InChI=1S/C11H11BrN2S/c1-7-2-3-8(4-10(7)12)11-14-6-9(5-13)15-11/h2-4,6H,5,13H2,1H3. The summed E-state index contributed by atoms with van der Waals surface area (Å²) in [4.78, 5) is 5.46. The highest BCUT2D eigenvalue weighted by Gasteiger charge is 2.05. The number of aromatic nitrogens is 1. The summed E-state index contributed by atoms with van der Waals surface area (Å²) in [5, 5.41) is 1.02. The maximum absolute atomic E-state index is 5.56. The number of benzene rings is 1. The molecule has 0 aliphatic carbocycles. The molecule has 4 heteroatoms. The minimum absolute atomic E-state index is 0.560. The highest BCUT2D eigenvalue weighted by atomic mass is 79.9. The lowest BCUT2D eigenvalue weighted by atomic mass is 10.2. The first kappa shape index (κ1) is 10.8. The summed E-state index contributed by atoms with van der Waals surface area (Å²) in [6.07, 6.45) is 1.84. The molecular weight excluding hydrogens is 272 g/mol. The van der Waals surface area contributed by atoms with Gasteiger partial charge in [0.05, 0.1) is 0 Å². The molecule has 0 spiro atoms. The van der Waals surface area contributed by atoms with Crippen molar-refractivity contribution in [3.8, 4) is 10.6 Å². The van der Waals surface area contributed by atoms with Gasteiger partial charge in [-0.05, 0) is 18.6 Å². The van der Waals surface area contributed by atoms with E-state index >= 15 is 0 Å². The molecule has 2 N–H and O–H groups in total. The predicted octanol–water partition coefficient (Wildman–Crippen LogP) is 3.34. The largest absolute Gasteiger partial charge is 0.326 e. The van der Waals surface area contributed by atoms with Crippen molar-refractivity contribution in [3.05, 3.63) is 39.3 Å². The number of thiazole rings is 1. The molecule has 0 fully saturated rings. The predicted molar refractivity (Wildman–Crippen MR) is 67.9 cm³/mol. The second-order valence-electron chi connectivity index (χ2n) is 3.30. The smallest absolute Gasteiger partial charge is 0.123 e. The van der Waals surface area contributed by atoms with Crippen LogP contribution >= 0.6 is 27.3 Å². The summed E-state index contributed by atoms with van der Waals surface area (Å²) in [7, 11) is 0. The van der Waals surface area contributed by atoms with E-state index in [-0.39, 0.29) is 0 Å². The molecule has 2 aromatic rings. The SMILES string of the molecule is Cc1ccc(-c2ncc(CN)s2)cc1Br. The molecule has 78 valence electrons. The number of hydrogen-bond acceptors (Lipinski definition) is 3. The van der Waals surface area contributed by atoms with Crippen LogP contribution in [0.2, 0.25) is 0 Å². The van der Waals surface area contributed by atoms with Crippen molar-refractivity contribution in [1.29, 1.82) is 0 Å². The Morgan fingerprint density at radius 3 is 2.87 bits per heavy atom. The molecule has 0 atom stereocenters. The summed E-state index contributed by atoms with van der Waals surface area (Å²) < 4.78 is 1.12. The first-order valence-electron chi connectivity index (χ1n) is 4.62. The summed E-state index contributed by atoms with van der Waals surface area (Å²) in [5.41, 5.74) is 7.92. The Balaban J connectivity index is 2.40. The molecule has 2 nitrogen and oxygen atoms in total. The minimum Gasteiger partial charge on any atom is -0.326 e. The van der Waals surface area contributed by atoms with Crippen molar-refractivity contribution in [2.24, 2.45) is 5.73 Å². The lowest BCUT2D eigenvalue weighted by Crippen LogP contribution is -1.91. The van der Waals surface area contributed by atoms with Crippen molar-refractivity contribution in [2.75, 3.05) is 0 Å².